The van der Waals surface area contributed by atoms with Crippen molar-refractivity contribution in [2.45, 2.75) is 6.42 Å². The predicted molar refractivity (Wildman–Crippen MR) is 71.9 cm³/mol. The average molecular weight is 248 g/mol. The molecule has 0 aliphatic carbocycles. The first-order valence-electron chi connectivity index (χ1n) is 6.29. The quantitative estimate of drug-likeness (QED) is 0.874. The van der Waals surface area contributed by atoms with Crippen molar-refractivity contribution in [2.75, 3.05) is 38.7 Å². The summed E-state index contributed by atoms with van der Waals surface area (Å²) in [5.74, 6) is 0.306. The Bertz CT molecular complexity index is 432. The number of hydrogen-bond acceptors (Lipinski definition) is 3. The highest BCUT2D eigenvalue weighted by Gasteiger charge is 2.26. The Hall–Kier alpha value is -1.55. The molecule has 0 spiro atoms. The molecule has 1 aromatic carbocycles. The molecule has 98 valence electrons. The minimum Gasteiger partial charge on any atom is -0.396 e. The maximum Gasteiger partial charge on any atom is 0.253 e. The van der Waals surface area contributed by atoms with Crippen LogP contribution in [0.2, 0.25) is 0 Å². The lowest BCUT2D eigenvalue weighted by Crippen LogP contribution is -2.29. The number of likely N-dealkylation sites (tertiary alicyclic amines) is 1. The van der Waals surface area contributed by atoms with Gasteiger partial charge in [-0.25, -0.2) is 0 Å². The van der Waals surface area contributed by atoms with Crippen LogP contribution in [0.15, 0.2) is 24.3 Å². The van der Waals surface area contributed by atoms with Crippen LogP contribution in [0, 0.1) is 5.92 Å². The molecule has 1 aromatic rings. The Kier molecular flexibility index (Phi) is 3.87. The third-order valence-corrected chi connectivity index (χ3v) is 3.44. The molecule has 1 aliphatic rings. The lowest BCUT2D eigenvalue weighted by atomic mass is 10.1. The summed E-state index contributed by atoms with van der Waals surface area (Å²) in [6.07, 6.45) is 0.898. The van der Waals surface area contributed by atoms with Gasteiger partial charge >= 0.3 is 0 Å². The van der Waals surface area contributed by atoms with Crippen LogP contribution < -0.4 is 4.90 Å². The van der Waals surface area contributed by atoms with Crippen LogP contribution in [0.3, 0.4) is 0 Å². The van der Waals surface area contributed by atoms with Crippen molar-refractivity contribution in [3.05, 3.63) is 29.8 Å². The number of nitrogens with zero attached hydrogens (tertiary/aromatic N) is 2. The lowest BCUT2D eigenvalue weighted by Gasteiger charge is -2.18. The van der Waals surface area contributed by atoms with Crippen molar-refractivity contribution in [2.24, 2.45) is 5.92 Å². The minimum atomic E-state index is 0.0645. The van der Waals surface area contributed by atoms with Gasteiger partial charge in [-0.2, -0.15) is 0 Å². The smallest absolute Gasteiger partial charge is 0.253 e. The Morgan fingerprint density at radius 3 is 2.89 bits per heavy atom. The van der Waals surface area contributed by atoms with E-state index < -0.39 is 0 Å². The van der Waals surface area contributed by atoms with E-state index in [4.69, 9.17) is 5.11 Å². The molecule has 1 N–H and O–H groups in total. The van der Waals surface area contributed by atoms with Gasteiger partial charge in [0, 0.05) is 51.0 Å². The number of benzene rings is 1. The maximum absolute atomic E-state index is 12.3. The number of aliphatic hydroxyl groups is 1. The summed E-state index contributed by atoms with van der Waals surface area (Å²) in [5, 5.41) is 9.11. The van der Waals surface area contributed by atoms with Gasteiger partial charge in [0.05, 0.1) is 0 Å². The molecule has 1 saturated heterocycles. The van der Waals surface area contributed by atoms with Crippen LogP contribution in [-0.4, -0.2) is 49.7 Å². The molecule has 4 heteroatoms. The van der Waals surface area contributed by atoms with E-state index >= 15 is 0 Å². The first kappa shape index (κ1) is 12.9. The van der Waals surface area contributed by atoms with E-state index in [2.05, 4.69) is 0 Å². The van der Waals surface area contributed by atoms with Gasteiger partial charge in [0.15, 0.2) is 0 Å². The lowest BCUT2D eigenvalue weighted by molar-refractivity contribution is 0.0782. The van der Waals surface area contributed by atoms with E-state index in [0.717, 1.165) is 24.2 Å². The Balaban J connectivity index is 2.12. The second-order valence-electron chi connectivity index (χ2n) is 5.03. The molecule has 2 rings (SSSR count). The van der Waals surface area contributed by atoms with Gasteiger partial charge in [-0.15, -0.1) is 0 Å². The number of anilines is 1. The van der Waals surface area contributed by atoms with Gasteiger partial charge in [-0.1, -0.05) is 6.07 Å². The summed E-state index contributed by atoms with van der Waals surface area (Å²) in [6.45, 7) is 1.58. The van der Waals surface area contributed by atoms with Crippen molar-refractivity contribution in [1.82, 2.24) is 4.90 Å². The first-order valence-corrected chi connectivity index (χ1v) is 6.29. The zero-order valence-electron chi connectivity index (χ0n) is 11.0. The second-order valence-corrected chi connectivity index (χ2v) is 5.03. The number of amides is 1. The van der Waals surface area contributed by atoms with Crippen molar-refractivity contribution in [3.63, 3.8) is 0 Å². The largest absolute Gasteiger partial charge is 0.396 e. The van der Waals surface area contributed by atoms with E-state index in [1.54, 1.807) is 0 Å². The summed E-state index contributed by atoms with van der Waals surface area (Å²) >= 11 is 0. The van der Waals surface area contributed by atoms with Crippen LogP contribution in [0.4, 0.5) is 5.69 Å². The number of carbonyl (C=O) groups excluding carboxylic acids is 1. The maximum atomic E-state index is 12.3. The molecule has 1 heterocycles. The van der Waals surface area contributed by atoms with E-state index in [9.17, 15) is 4.79 Å². The molecular formula is C14H20N2O2. The molecule has 0 radical (unpaired) electrons. The van der Waals surface area contributed by atoms with Crippen LogP contribution in [0.5, 0.6) is 0 Å². The van der Waals surface area contributed by atoms with Crippen molar-refractivity contribution in [3.8, 4) is 0 Å². The molecule has 4 nitrogen and oxygen atoms in total. The van der Waals surface area contributed by atoms with Gasteiger partial charge in [0.25, 0.3) is 5.91 Å². The van der Waals surface area contributed by atoms with Gasteiger partial charge < -0.3 is 14.9 Å². The fourth-order valence-electron chi connectivity index (χ4n) is 2.27. The number of carbonyl (C=O) groups is 1. The number of rotatable bonds is 3. The average Bonchev–Trinajstić information content (AvgIpc) is 2.86. The fourth-order valence-corrected chi connectivity index (χ4v) is 2.27. The SMILES string of the molecule is CN(C)c1cccc(C(=O)N2CCC(CO)C2)c1. The standard InChI is InChI=1S/C14H20N2O2/c1-15(2)13-5-3-4-12(8-13)14(18)16-7-6-11(9-16)10-17/h3-5,8,11,17H,6-7,9-10H2,1-2H3. The van der Waals surface area contributed by atoms with E-state index in [0.29, 0.717) is 6.54 Å². The third kappa shape index (κ3) is 2.64. The van der Waals surface area contributed by atoms with E-state index in [1.165, 1.54) is 0 Å². The summed E-state index contributed by atoms with van der Waals surface area (Å²) < 4.78 is 0. The molecular weight excluding hydrogens is 228 g/mol. The molecule has 1 fully saturated rings. The molecule has 0 aromatic heterocycles. The van der Waals surface area contributed by atoms with Crippen LogP contribution in [0.25, 0.3) is 0 Å². The minimum absolute atomic E-state index is 0.0645. The van der Waals surface area contributed by atoms with Gasteiger partial charge in [-0.3, -0.25) is 4.79 Å². The zero-order chi connectivity index (χ0) is 13.1. The summed E-state index contributed by atoms with van der Waals surface area (Å²) in [5.41, 5.74) is 1.75. The summed E-state index contributed by atoms with van der Waals surface area (Å²) in [7, 11) is 3.92. The first-order chi connectivity index (χ1) is 8.61. The molecule has 0 bridgehead atoms. The number of hydrogen-bond donors (Lipinski definition) is 1. The molecule has 18 heavy (non-hydrogen) atoms. The van der Waals surface area contributed by atoms with E-state index in [-0.39, 0.29) is 18.4 Å². The Labute approximate surface area is 108 Å². The highest BCUT2D eigenvalue weighted by molar-refractivity contribution is 5.95. The fraction of sp³-hybridized carbons (Fsp3) is 0.500. The Morgan fingerprint density at radius 1 is 1.50 bits per heavy atom. The van der Waals surface area contributed by atoms with Crippen LogP contribution >= 0.6 is 0 Å². The van der Waals surface area contributed by atoms with Crippen molar-refractivity contribution < 1.29 is 9.90 Å². The van der Waals surface area contributed by atoms with Gasteiger partial charge in [0.2, 0.25) is 0 Å². The van der Waals surface area contributed by atoms with Crippen molar-refractivity contribution in [1.29, 1.82) is 0 Å². The topological polar surface area (TPSA) is 43.8 Å². The monoisotopic (exact) mass is 248 g/mol. The molecule has 1 atom stereocenters. The van der Waals surface area contributed by atoms with Crippen molar-refractivity contribution >= 4 is 11.6 Å². The molecule has 0 saturated carbocycles. The molecule has 1 amide bonds. The predicted octanol–water partition coefficient (Wildman–Crippen LogP) is 1.21. The van der Waals surface area contributed by atoms with Gasteiger partial charge in [0.1, 0.15) is 0 Å². The highest BCUT2D eigenvalue weighted by Crippen LogP contribution is 2.20. The summed E-state index contributed by atoms with van der Waals surface area (Å²) in [6, 6.07) is 7.65. The van der Waals surface area contributed by atoms with Crippen LogP contribution in [0.1, 0.15) is 16.8 Å². The van der Waals surface area contributed by atoms with Gasteiger partial charge in [-0.05, 0) is 24.6 Å². The second kappa shape index (κ2) is 5.40. The summed E-state index contributed by atoms with van der Waals surface area (Å²) in [4.78, 5) is 16.1. The van der Waals surface area contributed by atoms with E-state index in [1.807, 2.05) is 48.2 Å². The van der Waals surface area contributed by atoms with Crippen LogP contribution in [-0.2, 0) is 0 Å². The molecule has 1 unspecified atom stereocenters. The Morgan fingerprint density at radius 2 is 2.28 bits per heavy atom. The third-order valence-electron chi connectivity index (χ3n) is 3.44. The zero-order valence-corrected chi connectivity index (χ0v) is 11.0. The number of aliphatic hydroxyl groups excluding tert-OH is 1. The normalized spacial score (nSPS) is 19.1. The highest BCUT2D eigenvalue weighted by atomic mass is 16.3. The molecule has 1 aliphatic heterocycles.